The first-order valence-corrected chi connectivity index (χ1v) is 5.86. The molecule has 0 spiro atoms. The molecular formula is C12H16ClFN2O3. The maximum absolute atomic E-state index is 13.2. The van der Waals surface area contributed by atoms with E-state index in [-0.39, 0.29) is 29.6 Å². The fourth-order valence-electron chi connectivity index (χ4n) is 2.29. The second kappa shape index (κ2) is 6.79. The molecule has 0 amide bonds. The first kappa shape index (κ1) is 15.8. The van der Waals surface area contributed by atoms with Crippen molar-refractivity contribution in [2.45, 2.75) is 18.9 Å². The number of nitro groups is 1. The van der Waals surface area contributed by atoms with Gasteiger partial charge in [0.25, 0.3) is 5.69 Å². The van der Waals surface area contributed by atoms with E-state index < -0.39 is 16.8 Å². The first-order valence-electron chi connectivity index (χ1n) is 5.86. The minimum atomic E-state index is -0.523. The topological polar surface area (TPSA) is 78.4 Å². The molecule has 2 N–H and O–H groups in total. The van der Waals surface area contributed by atoms with E-state index in [2.05, 4.69) is 0 Å². The fourth-order valence-corrected chi connectivity index (χ4v) is 2.29. The van der Waals surface area contributed by atoms with Gasteiger partial charge in [-0.3, -0.25) is 10.1 Å². The molecule has 106 valence electrons. The van der Waals surface area contributed by atoms with E-state index >= 15 is 0 Å². The Morgan fingerprint density at radius 1 is 1.42 bits per heavy atom. The van der Waals surface area contributed by atoms with Crippen LogP contribution in [0.3, 0.4) is 0 Å². The minimum absolute atomic E-state index is 0. The van der Waals surface area contributed by atoms with Gasteiger partial charge in [-0.15, -0.1) is 12.4 Å². The summed E-state index contributed by atoms with van der Waals surface area (Å²) in [5.74, 6) is -0.405. The molecule has 0 unspecified atom stereocenters. The summed E-state index contributed by atoms with van der Waals surface area (Å²) in [6, 6.07) is 2.89. The van der Waals surface area contributed by atoms with Gasteiger partial charge in [0.05, 0.1) is 4.92 Å². The first-order chi connectivity index (χ1) is 8.59. The summed E-state index contributed by atoms with van der Waals surface area (Å²) in [6.07, 6.45) is 1.49. The third kappa shape index (κ3) is 3.62. The minimum Gasteiger partial charge on any atom is -0.381 e. The molecule has 0 radical (unpaired) electrons. The summed E-state index contributed by atoms with van der Waals surface area (Å²) in [4.78, 5) is 10.4. The zero-order valence-corrected chi connectivity index (χ0v) is 11.1. The Morgan fingerprint density at radius 3 is 2.63 bits per heavy atom. The maximum Gasteiger partial charge on any atom is 0.274 e. The second-order valence-electron chi connectivity index (χ2n) is 4.44. The van der Waals surface area contributed by atoms with Gasteiger partial charge < -0.3 is 10.5 Å². The Labute approximate surface area is 116 Å². The summed E-state index contributed by atoms with van der Waals surface area (Å²) >= 11 is 0. The summed E-state index contributed by atoms with van der Waals surface area (Å²) in [5, 5.41) is 10.9. The van der Waals surface area contributed by atoms with Gasteiger partial charge in [0, 0.05) is 30.9 Å². The average molecular weight is 291 g/mol. The predicted octanol–water partition coefficient (Wildman–Crippen LogP) is 2.58. The molecule has 2 rings (SSSR count). The molecule has 1 saturated heterocycles. The lowest BCUT2D eigenvalue weighted by molar-refractivity contribution is -0.385. The van der Waals surface area contributed by atoms with E-state index in [4.69, 9.17) is 10.5 Å². The van der Waals surface area contributed by atoms with E-state index in [1.807, 2.05) is 0 Å². The zero-order chi connectivity index (χ0) is 13.1. The molecule has 0 aromatic heterocycles. The molecule has 1 aromatic rings. The normalized spacial score (nSPS) is 17.6. The number of hydrogen-bond acceptors (Lipinski definition) is 4. The number of hydrogen-bond donors (Lipinski definition) is 1. The van der Waals surface area contributed by atoms with Crippen molar-refractivity contribution in [3.63, 3.8) is 0 Å². The Kier molecular flexibility index (Phi) is 5.65. The smallest absolute Gasteiger partial charge is 0.274 e. The lowest BCUT2D eigenvalue weighted by atomic mass is 9.87. The van der Waals surface area contributed by atoms with Crippen LogP contribution in [0.5, 0.6) is 0 Å². The van der Waals surface area contributed by atoms with Gasteiger partial charge in [0.2, 0.25) is 0 Å². The molecule has 1 aliphatic rings. The van der Waals surface area contributed by atoms with Crippen LogP contribution < -0.4 is 5.73 Å². The Bertz CT molecular complexity index is 453. The van der Waals surface area contributed by atoms with Crippen molar-refractivity contribution >= 4 is 18.1 Å². The predicted molar refractivity (Wildman–Crippen MR) is 70.8 cm³/mol. The third-order valence-electron chi connectivity index (χ3n) is 3.32. The van der Waals surface area contributed by atoms with Gasteiger partial charge in [-0.2, -0.15) is 0 Å². The number of nitrogens with zero attached hydrogens (tertiary/aromatic N) is 1. The number of benzene rings is 1. The van der Waals surface area contributed by atoms with Gasteiger partial charge in [0.1, 0.15) is 5.82 Å². The van der Waals surface area contributed by atoms with Crippen LogP contribution in [0.25, 0.3) is 0 Å². The highest BCUT2D eigenvalue weighted by Crippen LogP contribution is 2.33. The number of rotatable bonds is 3. The number of ether oxygens (including phenoxy) is 1. The van der Waals surface area contributed by atoms with Crippen LogP contribution in [0, 0.1) is 21.8 Å². The summed E-state index contributed by atoms with van der Waals surface area (Å²) < 4.78 is 18.5. The van der Waals surface area contributed by atoms with Crippen molar-refractivity contribution in [2.24, 2.45) is 11.7 Å². The summed E-state index contributed by atoms with van der Waals surface area (Å²) in [7, 11) is 0. The van der Waals surface area contributed by atoms with Crippen LogP contribution in [-0.2, 0) is 4.74 Å². The molecule has 1 atom stereocenters. The van der Waals surface area contributed by atoms with Crippen LogP contribution >= 0.6 is 12.4 Å². The van der Waals surface area contributed by atoms with Crippen molar-refractivity contribution in [1.82, 2.24) is 0 Å². The van der Waals surface area contributed by atoms with Crippen LogP contribution in [0.4, 0.5) is 10.1 Å². The summed E-state index contributed by atoms with van der Waals surface area (Å²) in [5.41, 5.74) is 6.21. The average Bonchev–Trinajstić information content (AvgIpc) is 2.38. The van der Waals surface area contributed by atoms with Crippen molar-refractivity contribution in [2.75, 3.05) is 13.2 Å². The van der Waals surface area contributed by atoms with E-state index in [0.717, 1.165) is 25.0 Å². The van der Waals surface area contributed by atoms with Crippen LogP contribution in [0.2, 0.25) is 0 Å². The second-order valence-corrected chi connectivity index (χ2v) is 4.44. The van der Waals surface area contributed by atoms with Gasteiger partial charge in [-0.1, -0.05) is 0 Å². The quantitative estimate of drug-likeness (QED) is 0.685. The maximum atomic E-state index is 13.2. The molecule has 7 heteroatoms. The molecule has 0 aliphatic carbocycles. The molecule has 0 saturated carbocycles. The SMILES string of the molecule is Cl.N[C@H](c1cc(F)ccc1[N+](=O)[O-])C1CCOCC1. The van der Waals surface area contributed by atoms with Crippen molar-refractivity contribution in [1.29, 1.82) is 0 Å². The molecule has 19 heavy (non-hydrogen) atoms. The molecular weight excluding hydrogens is 275 g/mol. The highest BCUT2D eigenvalue weighted by Gasteiger charge is 2.28. The third-order valence-corrected chi connectivity index (χ3v) is 3.32. The number of nitro benzene ring substituents is 1. The van der Waals surface area contributed by atoms with Crippen molar-refractivity contribution in [3.8, 4) is 0 Å². The number of halogens is 2. The number of nitrogens with two attached hydrogens (primary N) is 1. The Morgan fingerprint density at radius 2 is 2.05 bits per heavy atom. The van der Waals surface area contributed by atoms with Crippen molar-refractivity contribution < 1.29 is 14.1 Å². The lowest BCUT2D eigenvalue weighted by Gasteiger charge is -2.27. The highest BCUT2D eigenvalue weighted by molar-refractivity contribution is 5.85. The summed E-state index contributed by atoms with van der Waals surface area (Å²) in [6.45, 7) is 1.20. The van der Waals surface area contributed by atoms with Gasteiger partial charge >= 0.3 is 0 Å². The van der Waals surface area contributed by atoms with E-state index in [9.17, 15) is 14.5 Å². The van der Waals surface area contributed by atoms with Crippen LogP contribution in [0.1, 0.15) is 24.4 Å². The molecule has 1 fully saturated rings. The highest BCUT2D eigenvalue weighted by atomic mass is 35.5. The molecule has 1 aromatic carbocycles. The standard InChI is InChI=1S/C12H15FN2O3.ClH/c13-9-1-2-11(15(16)17)10(7-9)12(14)8-3-5-18-6-4-8;/h1-2,7-8,12H,3-6,14H2;1H/t12-;/m0./s1. The van der Waals surface area contributed by atoms with Gasteiger partial charge in [-0.25, -0.2) is 4.39 Å². The Balaban J connectivity index is 0.00000180. The lowest BCUT2D eigenvalue weighted by Crippen LogP contribution is -2.28. The molecule has 1 heterocycles. The zero-order valence-electron chi connectivity index (χ0n) is 10.3. The molecule has 5 nitrogen and oxygen atoms in total. The Hall–Kier alpha value is -1.24. The van der Waals surface area contributed by atoms with Gasteiger partial charge in [-0.05, 0) is 30.9 Å². The van der Waals surface area contributed by atoms with E-state index in [1.165, 1.54) is 6.07 Å². The largest absolute Gasteiger partial charge is 0.381 e. The van der Waals surface area contributed by atoms with E-state index in [1.54, 1.807) is 0 Å². The van der Waals surface area contributed by atoms with Crippen LogP contribution in [-0.4, -0.2) is 18.1 Å². The fraction of sp³-hybridized carbons (Fsp3) is 0.500. The molecule has 1 aliphatic heterocycles. The van der Waals surface area contributed by atoms with Gasteiger partial charge in [0.15, 0.2) is 0 Å². The monoisotopic (exact) mass is 290 g/mol. The molecule has 0 bridgehead atoms. The van der Waals surface area contributed by atoms with Crippen LogP contribution in [0.15, 0.2) is 18.2 Å². The van der Waals surface area contributed by atoms with E-state index in [0.29, 0.717) is 13.2 Å². The van der Waals surface area contributed by atoms with Crippen molar-refractivity contribution in [3.05, 3.63) is 39.7 Å².